The summed E-state index contributed by atoms with van der Waals surface area (Å²) in [5.74, 6) is 0. The van der Waals surface area contributed by atoms with Gasteiger partial charge in [-0.05, 0) is 38.0 Å². The zero-order valence-electron chi connectivity index (χ0n) is 12.6. The van der Waals surface area contributed by atoms with Gasteiger partial charge in [0, 0.05) is 0 Å². The van der Waals surface area contributed by atoms with Crippen LogP contribution in [0.25, 0.3) is 21.5 Å². The van der Waals surface area contributed by atoms with Gasteiger partial charge in [-0.3, -0.25) is 0 Å². The molecule has 0 bridgehead atoms. The first-order valence-electron chi connectivity index (χ1n) is 7.20. The molecule has 21 heavy (non-hydrogen) atoms. The van der Waals surface area contributed by atoms with Crippen LogP contribution in [0, 0.1) is 0 Å². The van der Waals surface area contributed by atoms with Crippen molar-refractivity contribution in [1.82, 2.24) is 0 Å². The predicted octanol–water partition coefficient (Wildman–Crippen LogP) is 2.97. The van der Waals surface area contributed by atoms with E-state index >= 15 is 0 Å². The van der Waals surface area contributed by atoms with E-state index in [1.165, 1.54) is 10.9 Å². The molecule has 0 atom stereocenters. The van der Waals surface area contributed by atoms with Crippen LogP contribution in [0.5, 0.6) is 0 Å². The van der Waals surface area contributed by atoms with Gasteiger partial charge in [0.1, 0.15) is 0 Å². The van der Waals surface area contributed by atoms with Gasteiger partial charge >= 0.3 is 7.12 Å². The van der Waals surface area contributed by atoms with E-state index in [9.17, 15) is 10.0 Å². The minimum Gasteiger partial charge on any atom is -0.423 e. The predicted molar refractivity (Wildman–Crippen MR) is 90.0 cm³/mol. The normalized spacial score (nSPS) is 12.0. The van der Waals surface area contributed by atoms with E-state index in [0.29, 0.717) is 5.46 Å². The van der Waals surface area contributed by atoms with Gasteiger partial charge in [0.2, 0.25) is 0 Å². The molecule has 0 aliphatic heterocycles. The molecule has 3 rings (SSSR count). The lowest BCUT2D eigenvalue weighted by atomic mass is 9.73. The average Bonchev–Trinajstić information content (AvgIpc) is 2.44. The van der Waals surface area contributed by atoms with Crippen LogP contribution in [0.1, 0.15) is 26.3 Å². The first kappa shape index (κ1) is 14.1. The number of rotatable bonds is 1. The summed E-state index contributed by atoms with van der Waals surface area (Å²) in [4.78, 5) is 0. The highest BCUT2D eigenvalue weighted by Crippen LogP contribution is 2.34. The molecule has 3 heteroatoms. The van der Waals surface area contributed by atoms with Crippen LogP contribution >= 0.6 is 0 Å². The molecule has 0 unspecified atom stereocenters. The first-order chi connectivity index (χ1) is 9.89. The Balaban J connectivity index is 2.55. The zero-order chi connectivity index (χ0) is 15.2. The third kappa shape index (κ3) is 2.33. The van der Waals surface area contributed by atoms with E-state index in [-0.39, 0.29) is 5.41 Å². The fourth-order valence-electron chi connectivity index (χ4n) is 3.00. The van der Waals surface area contributed by atoms with Crippen molar-refractivity contribution in [3.05, 3.63) is 54.1 Å². The van der Waals surface area contributed by atoms with Gasteiger partial charge in [-0.1, -0.05) is 69.3 Å². The Morgan fingerprint density at radius 3 is 2.19 bits per heavy atom. The van der Waals surface area contributed by atoms with E-state index in [1.54, 1.807) is 0 Å². The second kappa shape index (κ2) is 4.87. The van der Waals surface area contributed by atoms with E-state index in [2.05, 4.69) is 32.9 Å². The molecule has 0 saturated carbocycles. The van der Waals surface area contributed by atoms with Crippen molar-refractivity contribution < 1.29 is 10.0 Å². The molecule has 2 N–H and O–H groups in total. The molecule has 0 heterocycles. The molecule has 0 aliphatic rings. The quantitative estimate of drug-likeness (QED) is 0.530. The Hall–Kier alpha value is -1.84. The van der Waals surface area contributed by atoms with Crippen molar-refractivity contribution in [2.24, 2.45) is 0 Å². The smallest absolute Gasteiger partial charge is 0.423 e. The van der Waals surface area contributed by atoms with E-state index in [4.69, 9.17) is 0 Å². The second-order valence-electron chi connectivity index (χ2n) is 6.54. The summed E-state index contributed by atoms with van der Waals surface area (Å²) in [5, 5.41) is 23.6. The highest BCUT2D eigenvalue weighted by atomic mass is 16.4. The van der Waals surface area contributed by atoms with Crippen molar-refractivity contribution in [3.63, 3.8) is 0 Å². The van der Waals surface area contributed by atoms with Crippen LogP contribution in [0.15, 0.2) is 48.5 Å². The van der Waals surface area contributed by atoms with E-state index in [1.807, 2.05) is 36.4 Å². The van der Waals surface area contributed by atoms with E-state index in [0.717, 1.165) is 16.2 Å². The summed E-state index contributed by atoms with van der Waals surface area (Å²) in [5.41, 5.74) is 1.77. The van der Waals surface area contributed by atoms with Crippen LogP contribution in [0.2, 0.25) is 0 Å². The molecular weight excluding hydrogens is 259 g/mol. The molecule has 3 aromatic carbocycles. The standard InChI is InChI=1S/C18H19BO2/c1-18(2,3)15-10-11-16(19(20)21)14-9-8-12-6-4-5-7-13(12)17(14)15/h4-11,20-21H,1-3H3. The van der Waals surface area contributed by atoms with Gasteiger partial charge in [0.25, 0.3) is 0 Å². The Labute approximate surface area is 125 Å². The second-order valence-corrected chi connectivity index (χ2v) is 6.54. The Morgan fingerprint density at radius 1 is 0.810 bits per heavy atom. The lowest BCUT2D eigenvalue weighted by Crippen LogP contribution is -2.31. The monoisotopic (exact) mass is 278 g/mol. The van der Waals surface area contributed by atoms with Crippen LogP contribution < -0.4 is 5.46 Å². The Kier molecular flexibility index (Phi) is 3.27. The van der Waals surface area contributed by atoms with Crippen molar-refractivity contribution >= 4 is 34.1 Å². The molecule has 106 valence electrons. The lowest BCUT2D eigenvalue weighted by molar-refractivity contribution is 0.426. The van der Waals surface area contributed by atoms with Gasteiger partial charge in [0.15, 0.2) is 0 Å². The maximum absolute atomic E-state index is 9.64. The molecule has 0 aromatic heterocycles. The maximum Gasteiger partial charge on any atom is 0.489 e. The highest BCUT2D eigenvalue weighted by Gasteiger charge is 2.22. The minimum absolute atomic E-state index is 0.0126. The summed E-state index contributed by atoms with van der Waals surface area (Å²) in [7, 11) is -1.46. The average molecular weight is 278 g/mol. The summed E-state index contributed by atoms with van der Waals surface area (Å²) in [6.07, 6.45) is 0. The molecule has 0 spiro atoms. The third-order valence-electron chi connectivity index (χ3n) is 4.03. The van der Waals surface area contributed by atoms with Crippen LogP contribution in [0.3, 0.4) is 0 Å². The number of benzene rings is 3. The van der Waals surface area contributed by atoms with Gasteiger partial charge in [0.05, 0.1) is 0 Å². The Morgan fingerprint density at radius 2 is 1.52 bits per heavy atom. The molecule has 0 radical (unpaired) electrons. The van der Waals surface area contributed by atoms with Crippen LogP contribution in [-0.4, -0.2) is 17.2 Å². The molecule has 3 aromatic rings. The van der Waals surface area contributed by atoms with Gasteiger partial charge in [-0.25, -0.2) is 0 Å². The van der Waals surface area contributed by atoms with Crippen molar-refractivity contribution in [1.29, 1.82) is 0 Å². The minimum atomic E-state index is -1.46. The third-order valence-corrected chi connectivity index (χ3v) is 4.03. The maximum atomic E-state index is 9.64. The van der Waals surface area contributed by atoms with Crippen molar-refractivity contribution in [2.75, 3.05) is 0 Å². The summed E-state index contributed by atoms with van der Waals surface area (Å²) < 4.78 is 0. The van der Waals surface area contributed by atoms with Gasteiger partial charge in [-0.2, -0.15) is 0 Å². The zero-order valence-corrected chi connectivity index (χ0v) is 12.6. The number of hydrogen-bond acceptors (Lipinski definition) is 2. The first-order valence-corrected chi connectivity index (χ1v) is 7.20. The van der Waals surface area contributed by atoms with Crippen molar-refractivity contribution in [3.8, 4) is 0 Å². The molecule has 0 amide bonds. The number of hydrogen-bond donors (Lipinski definition) is 2. The van der Waals surface area contributed by atoms with Gasteiger partial charge in [-0.15, -0.1) is 0 Å². The highest BCUT2D eigenvalue weighted by molar-refractivity contribution is 6.62. The van der Waals surface area contributed by atoms with Crippen LogP contribution in [-0.2, 0) is 5.41 Å². The van der Waals surface area contributed by atoms with Crippen LogP contribution in [0.4, 0.5) is 0 Å². The Bertz CT molecular complexity index is 816. The van der Waals surface area contributed by atoms with E-state index < -0.39 is 7.12 Å². The fourth-order valence-corrected chi connectivity index (χ4v) is 3.00. The molecule has 0 saturated heterocycles. The summed E-state index contributed by atoms with van der Waals surface area (Å²) >= 11 is 0. The van der Waals surface area contributed by atoms with Crippen molar-refractivity contribution in [2.45, 2.75) is 26.2 Å². The largest absolute Gasteiger partial charge is 0.489 e. The summed E-state index contributed by atoms with van der Waals surface area (Å²) in [6.45, 7) is 6.54. The SMILES string of the molecule is CC(C)(C)c1ccc(B(O)O)c2ccc3ccccc3c12. The van der Waals surface area contributed by atoms with Gasteiger partial charge < -0.3 is 10.0 Å². The molecule has 0 fully saturated rings. The lowest BCUT2D eigenvalue weighted by Gasteiger charge is -2.23. The molecule has 2 nitrogen and oxygen atoms in total. The summed E-state index contributed by atoms with van der Waals surface area (Å²) in [6, 6.07) is 16.1. The topological polar surface area (TPSA) is 40.5 Å². The molecule has 0 aliphatic carbocycles. The molecular formula is C18H19BO2. The fraction of sp³-hybridized carbons (Fsp3) is 0.222. The number of fused-ring (bicyclic) bond motifs is 3.